The van der Waals surface area contributed by atoms with Crippen LogP contribution in [0.25, 0.3) is 0 Å². The molecule has 2 amide bonds. The van der Waals surface area contributed by atoms with Crippen LogP contribution in [0.15, 0.2) is 22.8 Å². The Morgan fingerprint density at radius 3 is 2.78 bits per heavy atom. The molecule has 0 radical (unpaired) electrons. The molecule has 0 bridgehead atoms. The molecular formula is C13H20N2O3. The van der Waals surface area contributed by atoms with Crippen molar-refractivity contribution in [1.82, 2.24) is 10.6 Å². The predicted molar refractivity (Wildman–Crippen MR) is 67.6 cm³/mol. The van der Waals surface area contributed by atoms with E-state index < -0.39 is 0 Å². The van der Waals surface area contributed by atoms with Gasteiger partial charge < -0.3 is 15.1 Å². The summed E-state index contributed by atoms with van der Waals surface area (Å²) in [5, 5.41) is 5.28. The molecule has 0 aliphatic rings. The summed E-state index contributed by atoms with van der Waals surface area (Å²) in [5.41, 5.74) is 0. The van der Waals surface area contributed by atoms with Crippen LogP contribution in [0.2, 0.25) is 0 Å². The molecule has 18 heavy (non-hydrogen) atoms. The lowest BCUT2D eigenvalue weighted by atomic mass is 10.1. The lowest BCUT2D eigenvalue weighted by molar-refractivity contribution is -0.128. The lowest BCUT2D eigenvalue weighted by Crippen LogP contribution is -2.38. The SMILES string of the molecule is CCCC(C)C(=O)NCC(=O)NCc1ccco1. The van der Waals surface area contributed by atoms with Crippen LogP contribution in [-0.2, 0) is 16.1 Å². The lowest BCUT2D eigenvalue weighted by Gasteiger charge is -2.10. The summed E-state index contributed by atoms with van der Waals surface area (Å²) >= 11 is 0. The normalized spacial score (nSPS) is 11.9. The number of hydrogen-bond donors (Lipinski definition) is 2. The molecule has 1 atom stereocenters. The minimum Gasteiger partial charge on any atom is -0.467 e. The third-order valence-corrected chi connectivity index (χ3v) is 2.63. The first-order valence-electron chi connectivity index (χ1n) is 6.20. The van der Waals surface area contributed by atoms with Crippen molar-refractivity contribution in [2.45, 2.75) is 33.2 Å². The predicted octanol–water partition coefficient (Wildman–Crippen LogP) is 1.45. The summed E-state index contributed by atoms with van der Waals surface area (Å²) < 4.78 is 5.08. The van der Waals surface area contributed by atoms with E-state index in [1.54, 1.807) is 18.4 Å². The first-order chi connectivity index (χ1) is 8.63. The number of amides is 2. The Hall–Kier alpha value is -1.78. The highest BCUT2D eigenvalue weighted by molar-refractivity contribution is 5.85. The van der Waals surface area contributed by atoms with Crippen LogP contribution in [0.4, 0.5) is 0 Å². The van der Waals surface area contributed by atoms with Gasteiger partial charge in [0.05, 0.1) is 19.4 Å². The molecule has 0 spiro atoms. The smallest absolute Gasteiger partial charge is 0.239 e. The maximum absolute atomic E-state index is 11.6. The van der Waals surface area contributed by atoms with Crippen molar-refractivity contribution in [2.24, 2.45) is 5.92 Å². The first-order valence-corrected chi connectivity index (χ1v) is 6.20. The molecule has 0 fully saturated rings. The zero-order valence-electron chi connectivity index (χ0n) is 10.9. The third kappa shape index (κ3) is 5.03. The van der Waals surface area contributed by atoms with Gasteiger partial charge in [0.1, 0.15) is 5.76 Å². The van der Waals surface area contributed by atoms with E-state index in [0.717, 1.165) is 12.8 Å². The first kappa shape index (κ1) is 14.3. The van der Waals surface area contributed by atoms with Gasteiger partial charge in [-0.05, 0) is 18.6 Å². The minimum atomic E-state index is -0.219. The van der Waals surface area contributed by atoms with Crippen molar-refractivity contribution >= 4 is 11.8 Å². The average molecular weight is 252 g/mol. The topological polar surface area (TPSA) is 71.3 Å². The molecule has 5 nitrogen and oxygen atoms in total. The Kier molecular flexibility index (Phi) is 5.97. The van der Waals surface area contributed by atoms with E-state index in [0.29, 0.717) is 12.3 Å². The van der Waals surface area contributed by atoms with Crippen molar-refractivity contribution in [1.29, 1.82) is 0 Å². The summed E-state index contributed by atoms with van der Waals surface area (Å²) in [6, 6.07) is 3.54. The Balaban J connectivity index is 2.18. The Bertz CT molecular complexity index is 374. The molecule has 5 heteroatoms. The van der Waals surface area contributed by atoms with Gasteiger partial charge in [-0.25, -0.2) is 0 Å². The van der Waals surface area contributed by atoms with Gasteiger partial charge in [-0.3, -0.25) is 9.59 Å². The molecule has 0 aliphatic carbocycles. The van der Waals surface area contributed by atoms with Crippen molar-refractivity contribution in [3.8, 4) is 0 Å². The van der Waals surface area contributed by atoms with Gasteiger partial charge in [0.15, 0.2) is 0 Å². The van der Waals surface area contributed by atoms with Crippen LogP contribution in [-0.4, -0.2) is 18.4 Å². The molecule has 1 unspecified atom stereocenters. The largest absolute Gasteiger partial charge is 0.467 e. The van der Waals surface area contributed by atoms with E-state index in [1.165, 1.54) is 0 Å². The number of furan rings is 1. The van der Waals surface area contributed by atoms with E-state index >= 15 is 0 Å². The maximum Gasteiger partial charge on any atom is 0.239 e. The average Bonchev–Trinajstić information content (AvgIpc) is 2.86. The van der Waals surface area contributed by atoms with Crippen LogP contribution in [0.5, 0.6) is 0 Å². The van der Waals surface area contributed by atoms with Gasteiger partial charge in [0.25, 0.3) is 0 Å². The molecule has 100 valence electrons. The van der Waals surface area contributed by atoms with Crippen LogP contribution in [0, 0.1) is 5.92 Å². The Labute approximate surface area is 107 Å². The van der Waals surface area contributed by atoms with Gasteiger partial charge >= 0.3 is 0 Å². The van der Waals surface area contributed by atoms with E-state index in [4.69, 9.17) is 4.42 Å². The molecule has 0 saturated carbocycles. The Morgan fingerprint density at radius 1 is 1.39 bits per heavy atom. The molecule has 0 aliphatic heterocycles. The fraction of sp³-hybridized carbons (Fsp3) is 0.538. The highest BCUT2D eigenvalue weighted by atomic mass is 16.3. The highest BCUT2D eigenvalue weighted by Gasteiger charge is 2.12. The summed E-state index contributed by atoms with van der Waals surface area (Å²) in [6.45, 7) is 4.24. The molecule has 0 saturated heterocycles. The number of rotatable bonds is 7. The second kappa shape index (κ2) is 7.53. The summed E-state index contributed by atoms with van der Waals surface area (Å²) in [7, 11) is 0. The standard InChI is InChI=1S/C13H20N2O3/c1-3-5-10(2)13(17)15-9-12(16)14-8-11-6-4-7-18-11/h4,6-7,10H,3,5,8-9H2,1-2H3,(H,14,16)(H,15,17). The molecule has 2 N–H and O–H groups in total. The number of carbonyl (C=O) groups excluding carboxylic acids is 2. The van der Waals surface area contributed by atoms with Gasteiger partial charge in [-0.1, -0.05) is 20.3 Å². The second-order valence-corrected chi connectivity index (χ2v) is 4.26. The molecule has 1 aromatic heterocycles. The monoisotopic (exact) mass is 252 g/mol. The quantitative estimate of drug-likeness (QED) is 0.771. The molecule has 0 aromatic carbocycles. The number of carbonyl (C=O) groups is 2. The Morgan fingerprint density at radius 2 is 2.17 bits per heavy atom. The van der Waals surface area contributed by atoms with Crippen LogP contribution in [0.3, 0.4) is 0 Å². The summed E-state index contributed by atoms with van der Waals surface area (Å²) in [6.07, 6.45) is 3.34. The summed E-state index contributed by atoms with van der Waals surface area (Å²) in [4.78, 5) is 23.0. The second-order valence-electron chi connectivity index (χ2n) is 4.26. The highest BCUT2D eigenvalue weighted by Crippen LogP contribution is 2.04. The van der Waals surface area contributed by atoms with E-state index in [-0.39, 0.29) is 24.3 Å². The van der Waals surface area contributed by atoms with Crippen LogP contribution < -0.4 is 10.6 Å². The molecule has 1 rings (SSSR count). The van der Waals surface area contributed by atoms with E-state index in [1.807, 2.05) is 13.8 Å². The maximum atomic E-state index is 11.6. The van der Waals surface area contributed by atoms with E-state index in [9.17, 15) is 9.59 Å². The van der Waals surface area contributed by atoms with Crippen molar-refractivity contribution in [2.75, 3.05) is 6.54 Å². The molecule has 1 aromatic rings. The van der Waals surface area contributed by atoms with Gasteiger partial charge in [-0.15, -0.1) is 0 Å². The third-order valence-electron chi connectivity index (χ3n) is 2.63. The number of hydrogen-bond acceptors (Lipinski definition) is 3. The van der Waals surface area contributed by atoms with Gasteiger partial charge in [-0.2, -0.15) is 0 Å². The fourth-order valence-electron chi connectivity index (χ4n) is 1.57. The zero-order valence-corrected chi connectivity index (χ0v) is 10.9. The van der Waals surface area contributed by atoms with Crippen molar-refractivity contribution in [3.63, 3.8) is 0 Å². The van der Waals surface area contributed by atoms with Crippen molar-refractivity contribution < 1.29 is 14.0 Å². The molecular weight excluding hydrogens is 232 g/mol. The van der Waals surface area contributed by atoms with E-state index in [2.05, 4.69) is 10.6 Å². The van der Waals surface area contributed by atoms with Crippen LogP contribution >= 0.6 is 0 Å². The summed E-state index contributed by atoms with van der Waals surface area (Å²) in [5.74, 6) is 0.343. The molecule has 1 heterocycles. The van der Waals surface area contributed by atoms with Crippen LogP contribution in [0.1, 0.15) is 32.4 Å². The number of nitrogens with one attached hydrogen (secondary N) is 2. The van der Waals surface area contributed by atoms with Crippen molar-refractivity contribution in [3.05, 3.63) is 24.2 Å². The fourth-order valence-corrected chi connectivity index (χ4v) is 1.57. The van der Waals surface area contributed by atoms with Gasteiger partial charge in [0.2, 0.25) is 11.8 Å². The minimum absolute atomic E-state index is 0.00754. The zero-order chi connectivity index (χ0) is 13.4. The van der Waals surface area contributed by atoms with Gasteiger partial charge in [0, 0.05) is 5.92 Å².